The van der Waals surface area contributed by atoms with E-state index in [1.165, 1.54) is 0 Å². The number of carbonyl (C=O) groups is 2. The van der Waals surface area contributed by atoms with Gasteiger partial charge in [-0.15, -0.1) is 0 Å². The van der Waals surface area contributed by atoms with Gasteiger partial charge in [-0.05, 0) is 33.1 Å². The van der Waals surface area contributed by atoms with E-state index in [2.05, 4.69) is 6.92 Å². The molecule has 1 amide bonds. The molecule has 0 aliphatic heterocycles. The molecule has 0 heterocycles. The van der Waals surface area contributed by atoms with Gasteiger partial charge in [0.05, 0.1) is 6.61 Å². The molecule has 0 bridgehead atoms. The van der Waals surface area contributed by atoms with Crippen LogP contribution in [0.5, 0.6) is 0 Å². The lowest BCUT2D eigenvalue weighted by Crippen LogP contribution is -2.45. The molecule has 4 nitrogen and oxygen atoms in total. The maximum atomic E-state index is 12.6. The SMILES string of the molecule is CCOC(=O)CN(CC)C(=O)C1(CC)CCCC1. The summed E-state index contributed by atoms with van der Waals surface area (Å²) in [6.45, 7) is 6.78. The average molecular weight is 255 g/mol. The van der Waals surface area contributed by atoms with Crippen molar-refractivity contribution >= 4 is 11.9 Å². The second-order valence-electron chi connectivity index (χ2n) is 4.97. The van der Waals surface area contributed by atoms with E-state index < -0.39 is 0 Å². The van der Waals surface area contributed by atoms with Gasteiger partial charge >= 0.3 is 5.97 Å². The molecule has 0 N–H and O–H groups in total. The number of hydrogen-bond acceptors (Lipinski definition) is 3. The molecule has 0 spiro atoms. The normalized spacial score (nSPS) is 17.5. The zero-order chi connectivity index (χ0) is 13.6. The van der Waals surface area contributed by atoms with Gasteiger partial charge in [0.25, 0.3) is 0 Å². The minimum Gasteiger partial charge on any atom is -0.465 e. The van der Waals surface area contributed by atoms with Crippen molar-refractivity contribution in [2.75, 3.05) is 19.7 Å². The Kier molecular flexibility index (Phi) is 5.63. The summed E-state index contributed by atoms with van der Waals surface area (Å²) in [5, 5.41) is 0. The van der Waals surface area contributed by atoms with Crippen LogP contribution < -0.4 is 0 Å². The Morgan fingerprint density at radius 1 is 1.17 bits per heavy atom. The van der Waals surface area contributed by atoms with E-state index in [1.807, 2.05) is 6.92 Å². The van der Waals surface area contributed by atoms with Crippen LogP contribution in [0.4, 0.5) is 0 Å². The predicted molar refractivity (Wildman–Crippen MR) is 70.1 cm³/mol. The standard InChI is InChI=1S/C14H25NO3/c1-4-14(9-7-8-10-14)13(17)15(5-2)11-12(16)18-6-3/h4-11H2,1-3H3. The highest BCUT2D eigenvalue weighted by atomic mass is 16.5. The van der Waals surface area contributed by atoms with Crippen molar-refractivity contribution in [2.24, 2.45) is 5.41 Å². The summed E-state index contributed by atoms with van der Waals surface area (Å²) in [6.07, 6.45) is 5.03. The van der Waals surface area contributed by atoms with Crippen molar-refractivity contribution in [2.45, 2.75) is 52.9 Å². The van der Waals surface area contributed by atoms with Gasteiger partial charge < -0.3 is 9.64 Å². The van der Waals surface area contributed by atoms with E-state index in [4.69, 9.17) is 4.74 Å². The molecule has 0 aromatic carbocycles. The third kappa shape index (κ3) is 3.24. The van der Waals surface area contributed by atoms with Gasteiger partial charge in [-0.25, -0.2) is 0 Å². The molecule has 1 aliphatic carbocycles. The third-order valence-corrected chi connectivity index (χ3v) is 3.99. The van der Waals surface area contributed by atoms with Crippen LogP contribution in [-0.4, -0.2) is 36.5 Å². The lowest BCUT2D eigenvalue weighted by molar-refractivity contribution is -0.152. The van der Waals surface area contributed by atoms with Crippen LogP contribution in [0.15, 0.2) is 0 Å². The topological polar surface area (TPSA) is 46.6 Å². The molecule has 1 saturated carbocycles. The number of rotatable bonds is 6. The van der Waals surface area contributed by atoms with E-state index >= 15 is 0 Å². The molecule has 4 heteroatoms. The molecule has 0 unspecified atom stereocenters. The summed E-state index contributed by atoms with van der Waals surface area (Å²) in [6, 6.07) is 0. The van der Waals surface area contributed by atoms with Crippen LogP contribution in [0.3, 0.4) is 0 Å². The number of amides is 1. The van der Waals surface area contributed by atoms with E-state index in [0.717, 1.165) is 32.1 Å². The summed E-state index contributed by atoms with van der Waals surface area (Å²) < 4.78 is 4.92. The van der Waals surface area contributed by atoms with Crippen LogP contribution in [0.1, 0.15) is 52.9 Å². The van der Waals surface area contributed by atoms with Crippen molar-refractivity contribution in [3.05, 3.63) is 0 Å². The molecular formula is C14H25NO3. The first-order chi connectivity index (χ1) is 8.59. The Bertz CT molecular complexity index is 295. The highest BCUT2D eigenvalue weighted by Gasteiger charge is 2.41. The summed E-state index contributed by atoms with van der Waals surface area (Å²) >= 11 is 0. The molecule has 18 heavy (non-hydrogen) atoms. The molecule has 0 radical (unpaired) electrons. The Hall–Kier alpha value is -1.06. The highest BCUT2D eigenvalue weighted by Crippen LogP contribution is 2.42. The quantitative estimate of drug-likeness (QED) is 0.685. The number of likely N-dealkylation sites (N-methyl/N-ethyl adjacent to an activating group) is 1. The van der Waals surface area contributed by atoms with Crippen molar-refractivity contribution in [1.29, 1.82) is 0 Å². The van der Waals surface area contributed by atoms with Gasteiger partial charge in [0.15, 0.2) is 0 Å². The first kappa shape index (κ1) is 15.0. The number of nitrogens with zero attached hydrogens (tertiary/aromatic N) is 1. The summed E-state index contributed by atoms with van der Waals surface area (Å²) in [4.78, 5) is 25.7. The van der Waals surface area contributed by atoms with E-state index in [0.29, 0.717) is 13.2 Å². The fraction of sp³-hybridized carbons (Fsp3) is 0.857. The van der Waals surface area contributed by atoms with Gasteiger partial charge in [0.1, 0.15) is 6.54 Å². The maximum Gasteiger partial charge on any atom is 0.325 e. The number of esters is 1. The first-order valence-corrected chi connectivity index (χ1v) is 7.04. The second kappa shape index (κ2) is 6.76. The minimum absolute atomic E-state index is 0.0882. The molecule has 1 aliphatic rings. The Morgan fingerprint density at radius 2 is 1.78 bits per heavy atom. The van der Waals surface area contributed by atoms with E-state index in [-0.39, 0.29) is 23.8 Å². The molecule has 0 atom stereocenters. The second-order valence-corrected chi connectivity index (χ2v) is 4.97. The van der Waals surface area contributed by atoms with Gasteiger partial charge in [-0.3, -0.25) is 9.59 Å². The van der Waals surface area contributed by atoms with Crippen LogP contribution in [-0.2, 0) is 14.3 Å². The Labute approximate surface area is 110 Å². The molecule has 0 aromatic rings. The van der Waals surface area contributed by atoms with Gasteiger partial charge in [0, 0.05) is 12.0 Å². The Morgan fingerprint density at radius 3 is 2.22 bits per heavy atom. The minimum atomic E-state index is -0.308. The van der Waals surface area contributed by atoms with Crippen molar-refractivity contribution in [1.82, 2.24) is 4.90 Å². The number of carbonyl (C=O) groups excluding carboxylic acids is 2. The van der Waals surface area contributed by atoms with Crippen molar-refractivity contribution in [3.8, 4) is 0 Å². The summed E-state index contributed by atoms with van der Waals surface area (Å²) in [5.41, 5.74) is -0.220. The largest absolute Gasteiger partial charge is 0.465 e. The maximum absolute atomic E-state index is 12.6. The van der Waals surface area contributed by atoms with Crippen molar-refractivity contribution < 1.29 is 14.3 Å². The van der Waals surface area contributed by atoms with Gasteiger partial charge in [-0.2, -0.15) is 0 Å². The first-order valence-electron chi connectivity index (χ1n) is 7.04. The molecule has 104 valence electrons. The van der Waals surface area contributed by atoms with Crippen LogP contribution in [0.2, 0.25) is 0 Å². The zero-order valence-corrected chi connectivity index (χ0v) is 11.8. The van der Waals surface area contributed by atoms with E-state index in [1.54, 1.807) is 11.8 Å². The average Bonchev–Trinajstić information content (AvgIpc) is 2.85. The predicted octanol–water partition coefficient (Wildman–Crippen LogP) is 2.37. The van der Waals surface area contributed by atoms with Crippen LogP contribution in [0.25, 0.3) is 0 Å². The number of ether oxygens (including phenoxy) is 1. The molecule has 1 fully saturated rings. The monoisotopic (exact) mass is 255 g/mol. The molecule has 1 rings (SSSR count). The zero-order valence-electron chi connectivity index (χ0n) is 11.8. The molecule has 0 saturated heterocycles. The summed E-state index contributed by atoms with van der Waals surface area (Å²) in [5.74, 6) is -0.171. The number of hydrogen-bond donors (Lipinski definition) is 0. The van der Waals surface area contributed by atoms with Gasteiger partial charge in [0.2, 0.25) is 5.91 Å². The van der Waals surface area contributed by atoms with E-state index in [9.17, 15) is 9.59 Å². The highest BCUT2D eigenvalue weighted by molar-refractivity contribution is 5.86. The lowest BCUT2D eigenvalue weighted by Gasteiger charge is -2.32. The molecule has 0 aromatic heterocycles. The molecular weight excluding hydrogens is 230 g/mol. The third-order valence-electron chi connectivity index (χ3n) is 3.99. The lowest BCUT2D eigenvalue weighted by atomic mass is 9.82. The smallest absolute Gasteiger partial charge is 0.325 e. The fourth-order valence-electron chi connectivity index (χ4n) is 2.80. The Balaban J connectivity index is 2.69. The van der Waals surface area contributed by atoms with Crippen molar-refractivity contribution in [3.63, 3.8) is 0 Å². The van der Waals surface area contributed by atoms with Crippen LogP contribution >= 0.6 is 0 Å². The van der Waals surface area contributed by atoms with Crippen LogP contribution in [0, 0.1) is 5.41 Å². The van der Waals surface area contributed by atoms with Gasteiger partial charge in [-0.1, -0.05) is 19.8 Å². The fourth-order valence-corrected chi connectivity index (χ4v) is 2.80. The summed E-state index contributed by atoms with van der Waals surface area (Å²) in [7, 11) is 0.